The van der Waals surface area contributed by atoms with Crippen molar-refractivity contribution in [2.24, 2.45) is 11.8 Å². The number of amides is 1. The molecular formula is C40H36Cl2F2N6O3. The maximum atomic E-state index is 17.3. The van der Waals surface area contributed by atoms with Crippen LogP contribution in [0.1, 0.15) is 74.2 Å². The Bertz CT molecular complexity index is 2340. The van der Waals surface area contributed by atoms with E-state index in [0.29, 0.717) is 46.5 Å². The molecule has 1 amide bonds. The van der Waals surface area contributed by atoms with Crippen LogP contribution in [0.5, 0.6) is 5.88 Å². The second-order valence-corrected chi connectivity index (χ2v) is 15.6. The van der Waals surface area contributed by atoms with Crippen molar-refractivity contribution in [1.82, 2.24) is 24.8 Å². The molecule has 2 aromatic carbocycles. The first-order chi connectivity index (χ1) is 25.6. The Morgan fingerprint density at radius 2 is 2.00 bits per heavy atom. The molecule has 53 heavy (non-hydrogen) atoms. The monoisotopic (exact) mass is 756 g/mol. The average molecular weight is 758 g/mol. The molecule has 3 aliphatic heterocycles. The highest BCUT2D eigenvalue weighted by Crippen LogP contribution is 2.51. The number of rotatable bonds is 9. The summed E-state index contributed by atoms with van der Waals surface area (Å²) < 4.78 is 39.9. The zero-order chi connectivity index (χ0) is 36.7. The van der Waals surface area contributed by atoms with Crippen LogP contribution in [0.15, 0.2) is 48.7 Å². The molecule has 2 N–H and O–H groups in total. The molecule has 13 heteroatoms. The van der Waals surface area contributed by atoms with E-state index >= 15 is 4.39 Å². The maximum Gasteiger partial charge on any atom is 0.226 e. The van der Waals surface area contributed by atoms with E-state index in [4.69, 9.17) is 32.9 Å². The number of fused-ring (bicyclic) bond motifs is 4. The van der Waals surface area contributed by atoms with Crippen molar-refractivity contribution in [1.29, 1.82) is 5.26 Å². The van der Waals surface area contributed by atoms with Gasteiger partial charge in [-0.25, -0.2) is 18.7 Å². The number of aliphatic hydroxyl groups excluding tert-OH is 1. The molecule has 272 valence electrons. The van der Waals surface area contributed by atoms with Gasteiger partial charge in [0, 0.05) is 71.2 Å². The number of aromatic nitrogens is 3. The van der Waals surface area contributed by atoms with Crippen molar-refractivity contribution in [2.45, 2.75) is 75.8 Å². The second kappa shape index (κ2) is 13.2. The molecule has 5 fully saturated rings. The Morgan fingerprint density at radius 3 is 2.70 bits per heavy atom. The van der Waals surface area contributed by atoms with Gasteiger partial charge in [0.25, 0.3) is 0 Å². The van der Waals surface area contributed by atoms with Gasteiger partial charge < -0.3 is 24.6 Å². The number of aryl methyl sites for hydroxylation is 1. The lowest BCUT2D eigenvalue weighted by atomic mass is 9.79. The standard InChI is InChI=1S/C40H36Cl2F2N6O3/c1-19(51)36-27-16-31(30-15-24(18-49(30)40(52)20-7-8-20)53-32-14-23(43)9-11-46-32)50(38-22-13-29(38)47-17-22)39(27)26-12-21(4-3-10-45)33(35(44)37(26)48-36)25-5-2-6-28(41)34(25)42/h2,5-6,9,11-12,14,16,19-20,22,24,29-30,38,47,51H,3-4,7-8,13,15,17-18H2,1H3. The number of pyridine rings is 2. The van der Waals surface area contributed by atoms with E-state index in [2.05, 4.69) is 20.9 Å². The summed E-state index contributed by atoms with van der Waals surface area (Å²) in [6.45, 7) is 2.74. The van der Waals surface area contributed by atoms with Crippen LogP contribution in [0, 0.1) is 34.8 Å². The number of nitrogens with zero attached hydrogens (tertiary/aromatic N) is 5. The molecule has 5 aliphatic rings. The van der Waals surface area contributed by atoms with Crippen molar-refractivity contribution < 1.29 is 23.4 Å². The summed E-state index contributed by atoms with van der Waals surface area (Å²) in [5.74, 6) is -0.639. The number of hydrogen-bond acceptors (Lipinski definition) is 7. The minimum atomic E-state index is -1.05. The quantitative estimate of drug-likeness (QED) is 0.157. The van der Waals surface area contributed by atoms with Crippen LogP contribution in [0.4, 0.5) is 8.78 Å². The van der Waals surface area contributed by atoms with Gasteiger partial charge in [-0.15, -0.1) is 0 Å². The van der Waals surface area contributed by atoms with E-state index in [-0.39, 0.29) is 63.8 Å². The predicted octanol–water partition coefficient (Wildman–Crippen LogP) is 8.01. The summed E-state index contributed by atoms with van der Waals surface area (Å²) in [4.78, 5) is 24.9. The van der Waals surface area contributed by atoms with Crippen LogP contribution in [0.25, 0.3) is 32.9 Å². The number of halogens is 4. The third-order valence-corrected chi connectivity index (χ3v) is 12.3. The smallest absolute Gasteiger partial charge is 0.226 e. The zero-order valence-electron chi connectivity index (χ0n) is 28.8. The number of carbonyl (C=O) groups is 1. The molecule has 10 rings (SSSR count). The van der Waals surface area contributed by atoms with Gasteiger partial charge in [0.05, 0.1) is 52.1 Å². The summed E-state index contributed by atoms with van der Waals surface area (Å²) in [6.07, 6.45) is 3.30. The number of aliphatic hydroxyl groups is 1. The van der Waals surface area contributed by atoms with Gasteiger partial charge in [0.1, 0.15) is 17.4 Å². The molecule has 6 atom stereocenters. The highest BCUT2D eigenvalue weighted by atomic mass is 35.5. The third-order valence-electron chi connectivity index (χ3n) is 11.5. The van der Waals surface area contributed by atoms with Gasteiger partial charge >= 0.3 is 0 Å². The van der Waals surface area contributed by atoms with Gasteiger partial charge in [-0.2, -0.15) is 5.26 Å². The van der Waals surface area contributed by atoms with Gasteiger partial charge in [-0.05, 0) is 68.4 Å². The molecule has 6 unspecified atom stereocenters. The number of carbonyl (C=O) groups excluding carboxylic acids is 1. The Kier molecular flexibility index (Phi) is 8.58. The summed E-state index contributed by atoms with van der Waals surface area (Å²) in [5, 5.41) is 26.2. The van der Waals surface area contributed by atoms with Crippen LogP contribution < -0.4 is 10.1 Å². The molecule has 2 saturated carbocycles. The Morgan fingerprint density at radius 1 is 1.17 bits per heavy atom. The maximum absolute atomic E-state index is 17.3. The van der Waals surface area contributed by atoms with Crippen molar-refractivity contribution >= 4 is 50.9 Å². The van der Waals surface area contributed by atoms with E-state index in [9.17, 15) is 19.6 Å². The number of nitriles is 1. The summed E-state index contributed by atoms with van der Waals surface area (Å²) in [7, 11) is 0. The average Bonchev–Trinajstić information content (AvgIpc) is 3.42. The second-order valence-electron chi connectivity index (χ2n) is 14.8. The first-order valence-electron chi connectivity index (χ1n) is 18.1. The number of ether oxygens (including phenoxy) is 1. The van der Waals surface area contributed by atoms with Crippen molar-refractivity contribution in [3.05, 3.63) is 87.3 Å². The highest BCUT2D eigenvalue weighted by Gasteiger charge is 2.51. The van der Waals surface area contributed by atoms with Crippen LogP contribution in [0.3, 0.4) is 0 Å². The number of benzene rings is 2. The van der Waals surface area contributed by atoms with E-state index in [1.54, 1.807) is 25.1 Å². The zero-order valence-corrected chi connectivity index (χ0v) is 30.3. The minimum Gasteiger partial charge on any atom is -0.472 e. The molecule has 0 radical (unpaired) electrons. The lowest BCUT2D eigenvalue weighted by molar-refractivity contribution is -0.133. The first-order valence-corrected chi connectivity index (χ1v) is 18.9. The van der Waals surface area contributed by atoms with Crippen molar-refractivity contribution in [3.8, 4) is 23.1 Å². The molecule has 6 heterocycles. The topological polar surface area (TPSA) is 116 Å². The van der Waals surface area contributed by atoms with Crippen molar-refractivity contribution in [2.75, 3.05) is 13.1 Å². The fourth-order valence-corrected chi connectivity index (χ4v) is 9.28. The highest BCUT2D eigenvalue weighted by molar-refractivity contribution is 6.43. The Labute approximate surface area is 314 Å². The van der Waals surface area contributed by atoms with E-state index in [0.717, 1.165) is 37.0 Å². The summed E-state index contributed by atoms with van der Waals surface area (Å²) in [6, 6.07) is 13.4. The molecule has 2 bridgehead atoms. The lowest BCUT2D eigenvalue weighted by Crippen LogP contribution is -2.41. The predicted molar refractivity (Wildman–Crippen MR) is 197 cm³/mol. The first kappa shape index (κ1) is 34.4. The molecule has 9 nitrogen and oxygen atoms in total. The lowest BCUT2D eigenvalue weighted by Gasteiger charge is -2.39. The van der Waals surface area contributed by atoms with Gasteiger partial charge in [0.2, 0.25) is 11.8 Å². The van der Waals surface area contributed by atoms with E-state index in [1.165, 1.54) is 18.3 Å². The Balaban J connectivity index is 1.29. The number of likely N-dealkylation sites (tertiary alicyclic amines) is 1. The minimum absolute atomic E-state index is 0.00495. The third kappa shape index (κ3) is 5.73. The van der Waals surface area contributed by atoms with E-state index in [1.807, 2.05) is 17.0 Å². The summed E-state index contributed by atoms with van der Waals surface area (Å²) >= 11 is 13.1. The molecule has 2 aliphatic carbocycles. The van der Waals surface area contributed by atoms with Crippen LogP contribution >= 0.6 is 23.2 Å². The number of nitrogens with one attached hydrogen (secondary N) is 1. The Hall–Kier alpha value is -4.34. The number of hydrogen-bond donors (Lipinski definition) is 2. The molecule has 0 spiro atoms. The van der Waals surface area contributed by atoms with E-state index < -0.39 is 29.9 Å². The normalized spacial score (nSPS) is 24.1. The molecule has 3 saturated heterocycles. The SMILES string of the molecule is CC(O)c1nc2c(F)c(-c3cccc(Cl)c3Cl)c(CCC#N)cc2c2c1cc(C1CC(Oc3cc(F)ccn3)CN1C(=O)C1CC1)n2C1C2CNC1C2. The fraction of sp³-hybridized carbons (Fsp3) is 0.400. The fourth-order valence-electron chi connectivity index (χ4n) is 8.88. The van der Waals surface area contributed by atoms with Crippen LogP contribution in [0.2, 0.25) is 10.0 Å². The molecular weight excluding hydrogens is 721 g/mol. The van der Waals surface area contributed by atoms with Crippen LogP contribution in [-0.4, -0.2) is 55.7 Å². The molecule has 3 aromatic heterocycles. The summed E-state index contributed by atoms with van der Waals surface area (Å²) in [5.41, 5.74) is 3.15. The van der Waals surface area contributed by atoms with Crippen LogP contribution in [-0.2, 0) is 11.2 Å². The largest absolute Gasteiger partial charge is 0.472 e. The van der Waals surface area contributed by atoms with Gasteiger partial charge in [-0.3, -0.25) is 4.79 Å². The van der Waals surface area contributed by atoms with Gasteiger partial charge in [-0.1, -0.05) is 35.3 Å². The molecule has 5 aromatic rings. The van der Waals surface area contributed by atoms with Gasteiger partial charge in [0.15, 0.2) is 5.82 Å². The van der Waals surface area contributed by atoms with Crippen molar-refractivity contribution in [3.63, 3.8) is 0 Å².